The van der Waals surface area contributed by atoms with Crippen molar-refractivity contribution in [1.29, 1.82) is 0 Å². The van der Waals surface area contributed by atoms with E-state index in [2.05, 4.69) is 20.3 Å². The smallest absolute Gasteiger partial charge is 0.255 e. The van der Waals surface area contributed by atoms with Crippen molar-refractivity contribution in [2.75, 3.05) is 40.7 Å². The molecule has 2 saturated carbocycles. The average Bonchev–Trinajstić information content (AvgIpc) is 3.80. The Balaban J connectivity index is 0.936. The molecule has 4 aromatic rings. The lowest BCUT2D eigenvalue weighted by Crippen LogP contribution is -2.55. The average molecular weight is 834 g/mol. The third-order valence-electron chi connectivity index (χ3n) is 13.0. The van der Waals surface area contributed by atoms with Gasteiger partial charge in [0.15, 0.2) is 23.0 Å². The van der Waals surface area contributed by atoms with Crippen molar-refractivity contribution in [2.45, 2.75) is 96.6 Å². The number of hydrogen-bond donors (Lipinski definition) is 2. The van der Waals surface area contributed by atoms with Crippen LogP contribution in [0.15, 0.2) is 48.0 Å². The lowest BCUT2D eigenvalue weighted by Gasteiger charge is -2.42. The third-order valence-corrected chi connectivity index (χ3v) is 13.0. The lowest BCUT2D eigenvalue weighted by molar-refractivity contribution is -0.145. The first-order chi connectivity index (χ1) is 29.6. The van der Waals surface area contributed by atoms with E-state index in [4.69, 9.17) is 28.8 Å². The number of hydrogen-bond acceptors (Lipinski definition) is 11. The van der Waals surface area contributed by atoms with Gasteiger partial charge in [0.25, 0.3) is 5.91 Å². The zero-order valence-corrected chi connectivity index (χ0v) is 35.5. The van der Waals surface area contributed by atoms with Crippen molar-refractivity contribution in [3.63, 3.8) is 0 Å². The summed E-state index contributed by atoms with van der Waals surface area (Å²) in [5.41, 5.74) is 3.47. The number of nitrogens with zero attached hydrogens (tertiary/aromatic N) is 5. The van der Waals surface area contributed by atoms with Crippen LogP contribution in [0.4, 0.5) is 0 Å². The van der Waals surface area contributed by atoms with Crippen LogP contribution in [-0.4, -0.2) is 101 Å². The third kappa shape index (κ3) is 8.18. The summed E-state index contributed by atoms with van der Waals surface area (Å²) in [4.78, 5) is 57.0. The molecule has 0 radical (unpaired) electrons. The number of ether oxygens (including phenoxy) is 5. The number of benzene rings is 2. The highest BCUT2D eigenvalue weighted by Gasteiger charge is 2.43. The second-order valence-electron chi connectivity index (χ2n) is 17.7. The molecule has 15 heteroatoms. The van der Waals surface area contributed by atoms with Gasteiger partial charge in [0.1, 0.15) is 29.3 Å². The van der Waals surface area contributed by atoms with Crippen molar-refractivity contribution in [3.05, 3.63) is 54.0 Å². The van der Waals surface area contributed by atoms with Gasteiger partial charge in [0.2, 0.25) is 18.6 Å². The molecule has 3 amide bonds. The van der Waals surface area contributed by atoms with Gasteiger partial charge in [-0.25, -0.2) is 15.0 Å². The van der Waals surface area contributed by atoms with Crippen LogP contribution in [0.25, 0.3) is 22.3 Å². The van der Waals surface area contributed by atoms with E-state index in [0.717, 1.165) is 49.8 Å². The number of fused-ring (bicyclic) bond motifs is 2. The fourth-order valence-corrected chi connectivity index (χ4v) is 9.30. The fourth-order valence-electron chi connectivity index (χ4n) is 9.30. The summed E-state index contributed by atoms with van der Waals surface area (Å²) in [6.45, 7) is 5.46. The minimum atomic E-state index is -0.728. The van der Waals surface area contributed by atoms with Crippen LogP contribution in [0, 0.1) is 17.3 Å². The number of likely N-dealkylation sites (tertiary alicyclic amines) is 1. The Labute approximate surface area is 355 Å². The number of H-pyrrole nitrogens is 1. The molecule has 5 heterocycles. The molecule has 0 unspecified atom stereocenters. The highest BCUT2D eigenvalue weighted by Crippen LogP contribution is 2.48. The van der Waals surface area contributed by atoms with Gasteiger partial charge in [-0.2, -0.15) is 5.10 Å². The zero-order valence-electron chi connectivity index (χ0n) is 35.5. The number of carbonyl (C=O) groups excluding carboxylic acids is 3. The standard InChI is InChI=1S/C46H55N7O8/c1-46(2)22-33(29-12-13-34(57-3)37(21-29)58-4)51-53(45(46)56)30-16-18-52(19-17-30)44(55)32(20-27-8-6-5-7-9-27)50-43(54)31-23-47-41-39(31)48-25-49-40(41)38-35(59-24-28-10-11-28)14-15-36-42(38)61-26-60-36/h12-15,21,23,25,27-28,30,32,47H,5-11,16-20,22,24,26H2,1-4H3,(H,50,54)/t32-/m0/s1. The number of aromatic nitrogens is 3. The van der Waals surface area contributed by atoms with Crippen LogP contribution >= 0.6 is 0 Å². The lowest BCUT2D eigenvalue weighted by atomic mass is 9.82. The number of rotatable bonds is 13. The number of piperidine rings is 1. The van der Waals surface area contributed by atoms with Gasteiger partial charge in [0.05, 0.1) is 54.6 Å². The van der Waals surface area contributed by atoms with Crippen molar-refractivity contribution < 1.29 is 38.1 Å². The van der Waals surface area contributed by atoms with Crippen molar-refractivity contribution in [2.24, 2.45) is 22.4 Å². The summed E-state index contributed by atoms with van der Waals surface area (Å²) >= 11 is 0. The van der Waals surface area contributed by atoms with Crippen LogP contribution in [-0.2, 0) is 9.59 Å². The number of nitrogens with one attached hydrogen (secondary N) is 2. The van der Waals surface area contributed by atoms with E-state index in [-0.39, 0.29) is 30.6 Å². The molecule has 2 N–H and O–H groups in total. The van der Waals surface area contributed by atoms with Crippen LogP contribution in [0.3, 0.4) is 0 Å². The van der Waals surface area contributed by atoms with E-state index < -0.39 is 11.5 Å². The Morgan fingerprint density at radius 2 is 1.70 bits per heavy atom. The number of aromatic amines is 1. The molecular weight excluding hydrogens is 779 g/mol. The van der Waals surface area contributed by atoms with Crippen LogP contribution < -0.4 is 29.0 Å². The van der Waals surface area contributed by atoms with Gasteiger partial charge in [-0.1, -0.05) is 46.0 Å². The molecule has 9 rings (SSSR count). The molecule has 1 saturated heterocycles. The minimum Gasteiger partial charge on any atom is -0.493 e. The van der Waals surface area contributed by atoms with E-state index in [9.17, 15) is 14.4 Å². The van der Waals surface area contributed by atoms with Crippen molar-refractivity contribution >= 4 is 34.5 Å². The maximum absolute atomic E-state index is 14.5. The van der Waals surface area contributed by atoms with E-state index in [1.807, 2.05) is 49.1 Å². The molecule has 3 fully saturated rings. The molecule has 15 nitrogen and oxygen atoms in total. The second kappa shape index (κ2) is 16.9. The number of methoxy groups -OCH3 is 2. The maximum Gasteiger partial charge on any atom is 0.255 e. The van der Waals surface area contributed by atoms with Gasteiger partial charge >= 0.3 is 0 Å². The molecule has 2 aromatic heterocycles. The monoisotopic (exact) mass is 833 g/mol. The largest absolute Gasteiger partial charge is 0.493 e. The molecule has 61 heavy (non-hydrogen) atoms. The first-order valence-electron chi connectivity index (χ1n) is 21.7. The van der Waals surface area contributed by atoms with Gasteiger partial charge in [0, 0.05) is 31.3 Å². The molecule has 0 spiro atoms. The fraction of sp³-hybridized carbons (Fsp3) is 0.522. The molecule has 2 aromatic carbocycles. The Morgan fingerprint density at radius 1 is 0.934 bits per heavy atom. The van der Waals surface area contributed by atoms with E-state index >= 15 is 0 Å². The molecule has 5 aliphatic rings. The normalized spacial score (nSPS) is 19.7. The molecular formula is C46H55N7O8. The quantitative estimate of drug-likeness (QED) is 0.145. The van der Waals surface area contributed by atoms with Crippen LogP contribution in [0.1, 0.15) is 100 Å². The van der Waals surface area contributed by atoms with E-state index in [1.54, 1.807) is 25.4 Å². The Hall–Kier alpha value is -5.86. The van der Waals surface area contributed by atoms with Gasteiger partial charge in [-0.15, -0.1) is 0 Å². The second-order valence-corrected chi connectivity index (χ2v) is 17.7. The first-order valence-corrected chi connectivity index (χ1v) is 21.7. The Bertz CT molecular complexity index is 2340. The highest BCUT2D eigenvalue weighted by molar-refractivity contribution is 6.09. The topological polar surface area (TPSA) is 170 Å². The van der Waals surface area contributed by atoms with E-state index in [0.29, 0.717) is 114 Å². The summed E-state index contributed by atoms with van der Waals surface area (Å²) < 4.78 is 28.9. The Morgan fingerprint density at radius 3 is 2.46 bits per heavy atom. The Kier molecular flexibility index (Phi) is 11.2. The van der Waals surface area contributed by atoms with Gasteiger partial charge in [-0.3, -0.25) is 14.4 Å². The van der Waals surface area contributed by atoms with Crippen LogP contribution in [0.5, 0.6) is 28.7 Å². The minimum absolute atomic E-state index is 0.0332. The molecule has 2 aliphatic carbocycles. The van der Waals surface area contributed by atoms with Crippen molar-refractivity contribution in [3.8, 4) is 40.0 Å². The van der Waals surface area contributed by atoms with Crippen molar-refractivity contribution in [1.82, 2.24) is 30.2 Å². The number of amides is 3. The predicted molar refractivity (Wildman–Crippen MR) is 227 cm³/mol. The van der Waals surface area contributed by atoms with Gasteiger partial charge in [-0.05, 0) is 74.3 Å². The van der Waals surface area contributed by atoms with Gasteiger partial charge < -0.3 is 38.9 Å². The highest BCUT2D eigenvalue weighted by atomic mass is 16.7. The number of carbonyl (C=O) groups is 3. The zero-order chi connectivity index (χ0) is 42.3. The predicted octanol–water partition coefficient (Wildman–Crippen LogP) is 6.88. The summed E-state index contributed by atoms with van der Waals surface area (Å²) in [5.74, 6) is 3.30. The summed E-state index contributed by atoms with van der Waals surface area (Å²) in [5, 5.41) is 9.74. The summed E-state index contributed by atoms with van der Waals surface area (Å²) in [6.07, 6.45) is 13.0. The molecule has 322 valence electrons. The molecule has 1 atom stereocenters. The summed E-state index contributed by atoms with van der Waals surface area (Å²) in [7, 11) is 3.20. The van der Waals surface area contributed by atoms with E-state index in [1.165, 1.54) is 12.7 Å². The molecule has 3 aliphatic heterocycles. The summed E-state index contributed by atoms with van der Waals surface area (Å²) in [6, 6.07) is 8.49. The first kappa shape index (κ1) is 40.5. The SMILES string of the molecule is COc1ccc(C2=NN(C3CCN(C(=O)[C@H](CC4CCCCC4)NC(=O)c4c[nH]c5c(-c6c(OCC7CC7)ccc7c6OCO7)ncnc45)CC3)C(=O)C(C)(C)C2)cc1OC. The van der Waals surface area contributed by atoms with Crippen LogP contribution in [0.2, 0.25) is 0 Å². The maximum atomic E-state index is 14.5. The molecule has 0 bridgehead atoms. The number of hydrazone groups is 1.